The first-order chi connectivity index (χ1) is 8.75. The van der Waals surface area contributed by atoms with Crippen LogP contribution in [0.15, 0.2) is 24.3 Å². The molecule has 0 bridgehead atoms. The molecule has 2 N–H and O–H groups in total. The van der Waals surface area contributed by atoms with Crippen LogP contribution in [0.2, 0.25) is 0 Å². The minimum absolute atomic E-state index is 0.123. The second-order valence-corrected chi connectivity index (χ2v) is 5.85. The molecule has 0 radical (unpaired) electrons. The lowest BCUT2D eigenvalue weighted by atomic mass is 9.79. The van der Waals surface area contributed by atoms with E-state index in [1.165, 1.54) is 30.4 Å². The van der Waals surface area contributed by atoms with Gasteiger partial charge in [0.2, 0.25) is 0 Å². The predicted molar refractivity (Wildman–Crippen MR) is 73.5 cm³/mol. The summed E-state index contributed by atoms with van der Waals surface area (Å²) in [7, 11) is 0. The first kappa shape index (κ1) is 12.2. The highest BCUT2D eigenvalue weighted by atomic mass is 16.5. The second kappa shape index (κ2) is 5.02. The molecule has 0 spiro atoms. The van der Waals surface area contributed by atoms with Gasteiger partial charge in [0.15, 0.2) is 0 Å². The van der Waals surface area contributed by atoms with Gasteiger partial charge in [-0.1, -0.05) is 30.7 Å². The van der Waals surface area contributed by atoms with Gasteiger partial charge in [-0.05, 0) is 43.2 Å². The van der Waals surface area contributed by atoms with Crippen LogP contribution in [0, 0.1) is 5.92 Å². The standard InChI is InChI=1S/C16H23NO/c1-11-15(9-10-18-11)16(17)14-7-5-13(6-8-14)12-3-2-4-12/h5-8,11-12,15-16H,2-4,9-10,17H2,1H3. The van der Waals surface area contributed by atoms with Crippen molar-refractivity contribution < 1.29 is 4.74 Å². The van der Waals surface area contributed by atoms with E-state index in [0.717, 1.165) is 18.9 Å². The van der Waals surface area contributed by atoms with Crippen molar-refractivity contribution in [2.45, 2.75) is 50.7 Å². The Bertz CT molecular complexity index is 396. The van der Waals surface area contributed by atoms with Crippen molar-refractivity contribution in [3.63, 3.8) is 0 Å². The van der Waals surface area contributed by atoms with Crippen molar-refractivity contribution in [1.29, 1.82) is 0 Å². The summed E-state index contributed by atoms with van der Waals surface area (Å²) in [6.07, 6.45) is 5.50. The zero-order valence-electron chi connectivity index (χ0n) is 11.1. The number of hydrogen-bond acceptors (Lipinski definition) is 2. The molecule has 1 heterocycles. The van der Waals surface area contributed by atoms with Crippen LogP contribution in [0.25, 0.3) is 0 Å². The normalized spacial score (nSPS) is 30.1. The fourth-order valence-corrected chi connectivity index (χ4v) is 3.20. The number of ether oxygens (including phenoxy) is 1. The van der Waals surface area contributed by atoms with Crippen molar-refractivity contribution in [3.05, 3.63) is 35.4 Å². The lowest BCUT2D eigenvalue weighted by Crippen LogP contribution is -2.26. The monoisotopic (exact) mass is 245 g/mol. The molecule has 0 amide bonds. The molecule has 1 aromatic carbocycles. The van der Waals surface area contributed by atoms with E-state index < -0.39 is 0 Å². The van der Waals surface area contributed by atoms with E-state index in [1.807, 2.05) is 0 Å². The van der Waals surface area contributed by atoms with Gasteiger partial charge in [0.05, 0.1) is 6.10 Å². The van der Waals surface area contributed by atoms with Crippen LogP contribution >= 0.6 is 0 Å². The maximum atomic E-state index is 6.38. The Labute approximate surface area is 110 Å². The molecule has 2 nitrogen and oxygen atoms in total. The Balaban J connectivity index is 1.71. The van der Waals surface area contributed by atoms with Gasteiger partial charge in [0.1, 0.15) is 0 Å². The molecule has 1 saturated carbocycles. The van der Waals surface area contributed by atoms with Crippen LogP contribution in [0.1, 0.15) is 55.7 Å². The van der Waals surface area contributed by atoms with E-state index in [0.29, 0.717) is 12.0 Å². The molecule has 1 aliphatic heterocycles. The van der Waals surface area contributed by atoms with Crippen molar-refractivity contribution in [3.8, 4) is 0 Å². The first-order valence-electron chi connectivity index (χ1n) is 7.23. The summed E-state index contributed by atoms with van der Waals surface area (Å²) in [6.45, 7) is 3.00. The molecule has 2 heteroatoms. The summed E-state index contributed by atoms with van der Waals surface area (Å²) < 4.78 is 5.62. The van der Waals surface area contributed by atoms with Crippen LogP contribution in [0.5, 0.6) is 0 Å². The van der Waals surface area contributed by atoms with Gasteiger partial charge in [0.25, 0.3) is 0 Å². The molecule has 1 aromatic rings. The van der Waals surface area contributed by atoms with Crippen LogP contribution in [0.3, 0.4) is 0 Å². The highest BCUT2D eigenvalue weighted by molar-refractivity contribution is 5.28. The molecule has 98 valence electrons. The van der Waals surface area contributed by atoms with Gasteiger partial charge >= 0.3 is 0 Å². The van der Waals surface area contributed by atoms with Gasteiger partial charge in [0, 0.05) is 18.6 Å². The second-order valence-electron chi connectivity index (χ2n) is 5.85. The fourth-order valence-electron chi connectivity index (χ4n) is 3.20. The fraction of sp³-hybridized carbons (Fsp3) is 0.625. The zero-order valence-corrected chi connectivity index (χ0v) is 11.1. The Hall–Kier alpha value is -0.860. The summed E-state index contributed by atoms with van der Waals surface area (Å²) in [5.74, 6) is 1.28. The highest BCUT2D eigenvalue weighted by Crippen LogP contribution is 2.37. The molecule has 3 unspecified atom stereocenters. The zero-order chi connectivity index (χ0) is 12.5. The Kier molecular flexibility index (Phi) is 3.40. The molecule has 3 atom stereocenters. The van der Waals surface area contributed by atoms with E-state index in [1.54, 1.807) is 0 Å². The van der Waals surface area contributed by atoms with Crippen molar-refractivity contribution in [2.75, 3.05) is 6.61 Å². The van der Waals surface area contributed by atoms with Crippen molar-refractivity contribution in [2.24, 2.45) is 11.7 Å². The molecule has 0 aromatic heterocycles. The summed E-state index contributed by atoms with van der Waals surface area (Å²) in [5.41, 5.74) is 9.14. The predicted octanol–water partition coefficient (Wildman–Crippen LogP) is 3.38. The van der Waals surface area contributed by atoms with Crippen molar-refractivity contribution in [1.82, 2.24) is 0 Å². The average Bonchev–Trinajstić information content (AvgIpc) is 2.73. The average molecular weight is 245 g/mol. The Morgan fingerprint density at radius 2 is 1.89 bits per heavy atom. The quantitative estimate of drug-likeness (QED) is 0.886. The highest BCUT2D eigenvalue weighted by Gasteiger charge is 2.30. The van der Waals surface area contributed by atoms with Gasteiger partial charge < -0.3 is 10.5 Å². The molecular formula is C16H23NO. The maximum Gasteiger partial charge on any atom is 0.0594 e. The third-order valence-corrected chi connectivity index (χ3v) is 4.79. The lowest BCUT2D eigenvalue weighted by Gasteiger charge is -2.27. The van der Waals surface area contributed by atoms with E-state index >= 15 is 0 Å². The number of hydrogen-bond donors (Lipinski definition) is 1. The minimum Gasteiger partial charge on any atom is -0.378 e. The summed E-state index contributed by atoms with van der Waals surface area (Å²) in [6, 6.07) is 9.13. The molecule has 1 saturated heterocycles. The van der Waals surface area contributed by atoms with Crippen LogP contribution < -0.4 is 5.73 Å². The molecule has 2 aliphatic rings. The molecule has 3 rings (SSSR count). The maximum absolute atomic E-state index is 6.38. The minimum atomic E-state index is 0.123. The van der Waals surface area contributed by atoms with E-state index in [9.17, 15) is 0 Å². The van der Waals surface area contributed by atoms with E-state index in [-0.39, 0.29) is 6.04 Å². The Morgan fingerprint density at radius 1 is 1.17 bits per heavy atom. The van der Waals surface area contributed by atoms with Crippen LogP contribution in [-0.4, -0.2) is 12.7 Å². The van der Waals surface area contributed by atoms with Gasteiger partial charge in [-0.2, -0.15) is 0 Å². The molecule has 2 fully saturated rings. The smallest absolute Gasteiger partial charge is 0.0594 e. The molecular weight excluding hydrogens is 222 g/mol. The van der Waals surface area contributed by atoms with Crippen LogP contribution in [0.4, 0.5) is 0 Å². The largest absolute Gasteiger partial charge is 0.378 e. The molecule has 1 aliphatic carbocycles. The third kappa shape index (κ3) is 2.19. The number of benzene rings is 1. The third-order valence-electron chi connectivity index (χ3n) is 4.79. The SMILES string of the molecule is CC1OCCC1C(N)c1ccc(C2CCC2)cc1. The Morgan fingerprint density at radius 3 is 2.39 bits per heavy atom. The van der Waals surface area contributed by atoms with Gasteiger partial charge in [-0.3, -0.25) is 0 Å². The van der Waals surface area contributed by atoms with Crippen molar-refractivity contribution >= 4 is 0 Å². The number of rotatable bonds is 3. The van der Waals surface area contributed by atoms with Crippen LogP contribution in [-0.2, 0) is 4.74 Å². The topological polar surface area (TPSA) is 35.2 Å². The van der Waals surface area contributed by atoms with E-state index in [2.05, 4.69) is 31.2 Å². The first-order valence-corrected chi connectivity index (χ1v) is 7.23. The van der Waals surface area contributed by atoms with E-state index in [4.69, 9.17) is 10.5 Å². The van der Waals surface area contributed by atoms with Gasteiger partial charge in [-0.25, -0.2) is 0 Å². The molecule has 18 heavy (non-hydrogen) atoms. The number of nitrogens with two attached hydrogens (primary N) is 1. The lowest BCUT2D eigenvalue weighted by molar-refractivity contribution is 0.0995. The summed E-state index contributed by atoms with van der Waals surface area (Å²) >= 11 is 0. The summed E-state index contributed by atoms with van der Waals surface area (Å²) in [4.78, 5) is 0. The van der Waals surface area contributed by atoms with Gasteiger partial charge in [-0.15, -0.1) is 0 Å². The summed E-state index contributed by atoms with van der Waals surface area (Å²) in [5, 5.41) is 0.